The molecule has 1 atom stereocenters. The van der Waals surface area contributed by atoms with Gasteiger partial charge in [0.1, 0.15) is 0 Å². The van der Waals surface area contributed by atoms with Gasteiger partial charge in [-0.2, -0.15) is 0 Å². The molecular formula is C17H26BrN3O. The van der Waals surface area contributed by atoms with Gasteiger partial charge in [-0.05, 0) is 43.5 Å². The molecule has 5 heteroatoms. The number of hydrogen-bond acceptors (Lipinski definition) is 3. The second-order valence-electron chi connectivity index (χ2n) is 6.07. The zero-order valence-electron chi connectivity index (χ0n) is 13.4. The molecule has 1 unspecified atom stereocenters. The molecule has 1 saturated heterocycles. The van der Waals surface area contributed by atoms with Gasteiger partial charge in [-0.3, -0.25) is 4.79 Å². The first-order valence-electron chi connectivity index (χ1n) is 8.06. The molecule has 1 aliphatic rings. The number of anilines is 1. The fraction of sp³-hybridized carbons (Fsp3) is 0.588. The molecule has 1 fully saturated rings. The van der Waals surface area contributed by atoms with E-state index in [1.807, 2.05) is 13.8 Å². The van der Waals surface area contributed by atoms with E-state index >= 15 is 0 Å². The van der Waals surface area contributed by atoms with Crippen LogP contribution in [-0.4, -0.2) is 31.6 Å². The summed E-state index contributed by atoms with van der Waals surface area (Å²) in [7, 11) is 0. The molecule has 0 aliphatic carbocycles. The van der Waals surface area contributed by atoms with Crippen LogP contribution in [0, 0.1) is 5.41 Å². The quantitative estimate of drug-likeness (QED) is 0.812. The lowest BCUT2D eigenvalue weighted by Crippen LogP contribution is -2.49. The van der Waals surface area contributed by atoms with E-state index in [-0.39, 0.29) is 11.9 Å². The molecule has 1 amide bonds. The summed E-state index contributed by atoms with van der Waals surface area (Å²) in [6.45, 7) is 6.33. The Morgan fingerprint density at radius 1 is 1.36 bits per heavy atom. The summed E-state index contributed by atoms with van der Waals surface area (Å²) in [5, 5.41) is 3.21. The Balaban J connectivity index is 1.96. The SMILES string of the molecule is CCC(CC)(CN)C(=O)NC1CCN(c2ccc(Br)cc2)C1. The molecule has 122 valence electrons. The number of hydrogen-bond donors (Lipinski definition) is 2. The van der Waals surface area contributed by atoms with E-state index in [9.17, 15) is 4.79 Å². The molecule has 2 rings (SSSR count). The summed E-state index contributed by atoms with van der Waals surface area (Å²) in [5.41, 5.74) is 6.65. The number of carbonyl (C=O) groups is 1. The Bertz CT molecular complexity index is 491. The minimum absolute atomic E-state index is 0.114. The van der Waals surface area contributed by atoms with Gasteiger partial charge in [-0.25, -0.2) is 0 Å². The van der Waals surface area contributed by atoms with Crippen molar-refractivity contribution in [2.45, 2.75) is 39.2 Å². The molecule has 1 heterocycles. The third-order valence-electron chi connectivity index (χ3n) is 4.94. The zero-order chi connectivity index (χ0) is 16.2. The number of rotatable bonds is 6. The molecule has 0 radical (unpaired) electrons. The van der Waals surface area contributed by atoms with Crippen LogP contribution >= 0.6 is 15.9 Å². The van der Waals surface area contributed by atoms with Gasteiger partial charge in [0.15, 0.2) is 0 Å². The van der Waals surface area contributed by atoms with Gasteiger partial charge in [0, 0.05) is 35.8 Å². The molecule has 22 heavy (non-hydrogen) atoms. The van der Waals surface area contributed by atoms with Gasteiger partial charge in [0.2, 0.25) is 5.91 Å². The van der Waals surface area contributed by atoms with E-state index in [0.717, 1.165) is 36.8 Å². The number of amides is 1. The molecule has 0 bridgehead atoms. The molecule has 0 aromatic heterocycles. The summed E-state index contributed by atoms with van der Waals surface area (Å²) in [5.74, 6) is 0.114. The highest BCUT2D eigenvalue weighted by atomic mass is 79.9. The van der Waals surface area contributed by atoms with E-state index in [4.69, 9.17) is 5.73 Å². The van der Waals surface area contributed by atoms with Crippen molar-refractivity contribution in [2.75, 3.05) is 24.5 Å². The molecule has 1 aromatic rings. The van der Waals surface area contributed by atoms with Crippen molar-refractivity contribution in [1.82, 2.24) is 5.32 Å². The minimum Gasteiger partial charge on any atom is -0.369 e. The third kappa shape index (κ3) is 3.63. The maximum absolute atomic E-state index is 12.6. The van der Waals surface area contributed by atoms with Gasteiger partial charge in [-0.1, -0.05) is 29.8 Å². The van der Waals surface area contributed by atoms with Crippen LogP contribution in [0.1, 0.15) is 33.1 Å². The van der Waals surface area contributed by atoms with Crippen molar-refractivity contribution in [3.05, 3.63) is 28.7 Å². The first-order valence-corrected chi connectivity index (χ1v) is 8.85. The molecular weight excluding hydrogens is 342 g/mol. The summed E-state index contributed by atoms with van der Waals surface area (Å²) < 4.78 is 1.08. The third-order valence-corrected chi connectivity index (χ3v) is 5.47. The van der Waals surface area contributed by atoms with Crippen LogP contribution < -0.4 is 16.0 Å². The standard InChI is InChI=1S/C17H26BrN3O/c1-3-17(4-2,12-19)16(22)20-14-9-10-21(11-14)15-7-5-13(18)6-8-15/h5-8,14H,3-4,9-12,19H2,1-2H3,(H,20,22). The van der Waals surface area contributed by atoms with Crippen molar-refractivity contribution in [3.8, 4) is 0 Å². The van der Waals surface area contributed by atoms with Crippen LogP contribution in [0.5, 0.6) is 0 Å². The molecule has 0 spiro atoms. The lowest BCUT2D eigenvalue weighted by atomic mass is 9.81. The molecule has 1 aromatic carbocycles. The topological polar surface area (TPSA) is 58.4 Å². The predicted octanol–water partition coefficient (Wildman–Crippen LogP) is 2.91. The Hall–Kier alpha value is -1.07. The fourth-order valence-electron chi connectivity index (χ4n) is 3.06. The van der Waals surface area contributed by atoms with Gasteiger partial charge < -0.3 is 16.0 Å². The average Bonchev–Trinajstić information content (AvgIpc) is 2.99. The number of nitrogens with one attached hydrogen (secondary N) is 1. The van der Waals surface area contributed by atoms with Crippen LogP contribution in [0.2, 0.25) is 0 Å². The summed E-state index contributed by atoms with van der Waals surface area (Å²) in [6, 6.07) is 8.52. The molecule has 0 saturated carbocycles. The highest BCUT2D eigenvalue weighted by Crippen LogP contribution is 2.27. The maximum Gasteiger partial charge on any atom is 0.227 e. The van der Waals surface area contributed by atoms with Gasteiger partial charge in [-0.15, -0.1) is 0 Å². The number of benzene rings is 1. The van der Waals surface area contributed by atoms with Gasteiger partial charge in [0.05, 0.1) is 5.41 Å². The lowest BCUT2D eigenvalue weighted by molar-refractivity contribution is -0.131. The predicted molar refractivity (Wildman–Crippen MR) is 95.0 cm³/mol. The average molecular weight is 368 g/mol. The monoisotopic (exact) mass is 367 g/mol. The van der Waals surface area contributed by atoms with Crippen molar-refractivity contribution in [2.24, 2.45) is 11.1 Å². The highest BCUT2D eigenvalue weighted by Gasteiger charge is 2.35. The second kappa shape index (κ2) is 7.47. The Morgan fingerprint density at radius 3 is 2.55 bits per heavy atom. The molecule has 4 nitrogen and oxygen atoms in total. The van der Waals surface area contributed by atoms with E-state index in [1.54, 1.807) is 0 Å². The molecule has 3 N–H and O–H groups in total. The number of halogens is 1. The van der Waals surface area contributed by atoms with Crippen molar-refractivity contribution in [3.63, 3.8) is 0 Å². The Morgan fingerprint density at radius 2 is 2.00 bits per heavy atom. The van der Waals surface area contributed by atoms with Crippen LogP contribution in [0.4, 0.5) is 5.69 Å². The van der Waals surface area contributed by atoms with Crippen LogP contribution in [0.25, 0.3) is 0 Å². The number of carbonyl (C=O) groups excluding carboxylic acids is 1. The Labute approximate surface area is 141 Å². The van der Waals surface area contributed by atoms with Crippen LogP contribution in [0.15, 0.2) is 28.7 Å². The maximum atomic E-state index is 12.6. The van der Waals surface area contributed by atoms with E-state index < -0.39 is 5.41 Å². The smallest absolute Gasteiger partial charge is 0.227 e. The molecule has 1 aliphatic heterocycles. The van der Waals surface area contributed by atoms with Crippen molar-refractivity contribution >= 4 is 27.5 Å². The zero-order valence-corrected chi connectivity index (χ0v) is 15.0. The Kier molecular flexibility index (Phi) is 5.87. The van der Waals surface area contributed by atoms with Crippen molar-refractivity contribution in [1.29, 1.82) is 0 Å². The van der Waals surface area contributed by atoms with Gasteiger partial charge >= 0.3 is 0 Å². The van der Waals surface area contributed by atoms with Gasteiger partial charge in [0.25, 0.3) is 0 Å². The van der Waals surface area contributed by atoms with E-state index in [1.165, 1.54) is 5.69 Å². The lowest BCUT2D eigenvalue weighted by Gasteiger charge is -2.30. The number of nitrogens with zero attached hydrogens (tertiary/aromatic N) is 1. The minimum atomic E-state index is -0.412. The second-order valence-corrected chi connectivity index (χ2v) is 6.99. The van der Waals surface area contributed by atoms with E-state index in [2.05, 4.69) is 50.4 Å². The van der Waals surface area contributed by atoms with Crippen molar-refractivity contribution < 1.29 is 4.79 Å². The van der Waals surface area contributed by atoms with Crippen LogP contribution in [0.3, 0.4) is 0 Å². The summed E-state index contributed by atoms with van der Waals surface area (Å²) in [6.07, 6.45) is 2.56. The first-order chi connectivity index (χ1) is 10.5. The van der Waals surface area contributed by atoms with E-state index in [0.29, 0.717) is 6.54 Å². The number of nitrogens with two attached hydrogens (primary N) is 1. The fourth-order valence-corrected chi connectivity index (χ4v) is 3.32. The summed E-state index contributed by atoms with van der Waals surface area (Å²) in [4.78, 5) is 14.9. The largest absolute Gasteiger partial charge is 0.369 e. The summed E-state index contributed by atoms with van der Waals surface area (Å²) >= 11 is 3.46. The highest BCUT2D eigenvalue weighted by molar-refractivity contribution is 9.10. The van der Waals surface area contributed by atoms with Crippen LogP contribution in [-0.2, 0) is 4.79 Å². The normalized spacial score (nSPS) is 18.5. The first kappa shape index (κ1) is 17.3.